The summed E-state index contributed by atoms with van der Waals surface area (Å²) in [4.78, 5) is 27.7. The van der Waals surface area contributed by atoms with E-state index in [0.29, 0.717) is 31.2 Å². The number of hydrogen-bond acceptors (Lipinski definition) is 3. The molecule has 2 amide bonds. The van der Waals surface area contributed by atoms with Crippen LogP contribution in [0.2, 0.25) is 0 Å². The van der Waals surface area contributed by atoms with Gasteiger partial charge in [0.15, 0.2) is 0 Å². The van der Waals surface area contributed by atoms with Gasteiger partial charge in [0.25, 0.3) is 0 Å². The van der Waals surface area contributed by atoms with Crippen molar-refractivity contribution in [3.8, 4) is 0 Å². The molecule has 2 aromatic rings. The topological polar surface area (TPSA) is 49.4 Å². The molecule has 0 fully saturated rings. The second-order valence-corrected chi connectivity index (χ2v) is 9.18. The lowest BCUT2D eigenvalue weighted by molar-refractivity contribution is -0.139. The van der Waals surface area contributed by atoms with Crippen molar-refractivity contribution in [1.29, 1.82) is 0 Å². The Kier molecular flexibility index (Phi) is 10.0. The second-order valence-electron chi connectivity index (χ2n) is 8.19. The van der Waals surface area contributed by atoms with Crippen molar-refractivity contribution in [2.75, 3.05) is 12.3 Å². The van der Waals surface area contributed by atoms with Crippen LogP contribution in [-0.4, -0.2) is 35.1 Å². The Labute approximate surface area is 189 Å². The second kappa shape index (κ2) is 12.5. The van der Waals surface area contributed by atoms with E-state index < -0.39 is 6.04 Å². The van der Waals surface area contributed by atoms with Gasteiger partial charge in [-0.25, -0.2) is 4.39 Å². The molecule has 0 aliphatic carbocycles. The first-order chi connectivity index (χ1) is 14.8. The molecule has 0 aliphatic rings. The third-order valence-corrected chi connectivity index (χ3v) is 5.94. The monoisotopic (exact) mass is 444 g/mol. The summed E-state index contributed by atoms with van der Waals surface area (Å²) in [5.41, 5.74) is 3.11. The van der Waals surface area contributed by atoms with E-state index in [9.17, 15) is 14.0 Å². The summed E-state index contributed by atoms with van der Waals surface area (Å²) in [6.45, 7) is 9.02. The molecule has 6 heteroatoms. The first kappa shape index (κ1) is 24.9. The molecule has 1 N–H and O–H groups in total. The van der Waals surface area contributed by atoms with Gasteiger partial charge in [0.1, 0.15) is 11.9 Å². The number of amides is 2. The minimum atomic E-state index is -0.515. The fourth-order valence-corrected chi connectivity index (χ4v) is 4.02. The van der Waals surface area contributed by atoms with E-state index in [0.717, 1.165) is 16.7 Å². The van der Waals surface area contributed by atoms with Crippen LogP contribution in [0.1, 0.15) is 43.9 Å². The molecule has 0 saturated heterocycles. The highest BCUT2D eigenvalue weighted by Gasteiger charge is 2.28. The molecule has 0 aliphatic heterocycles. The number of thioether (sulfide) groups is 1. The van der Waals surface area contributed by atoms with E-state index in [2.05, 4.69) is 5.32 Å². The van der Waals surface area contributed by atoms with Gasteiger partial charge in [0, 0.05) is 18.8 Å². The molecular formula is C25H33FN2O2S. The van der Waals surface area contributed by atoms with Crippen LogP contribution in [0.5, 0.6) is 0 Å². The lowest BCUT2D eigenvalue weighted by Gasteiger charge is -2.31. The van der Waals surface area contributed by atoms with Gasteiger partial charge in [-0.2, -0.15) is 0 Å². The highest BCUT2D eigenvalue weighted by atomic mass is 32.2. The number of nitrogens with zero attached hydrogens (tertiary/aromatic N) is 1. The molecule has 4 nitrogen and oxygen atoms in total. The maximum Gasteiger partial charge on any atom is 0.242 e. The summed E-state index contributed by atoms with van der Waals surface area (Å²) in [6, 6.07) is 13.8. The Hall–Kier alpha value is -2.34. The van der Waals surface area contributed by atoms with E-state index in [4.69, 9.17) is 0 Å². The highest BCUT2D eigenvalue weighted by molar-refractivity contribution is 7.99. The van der Waals surface area contributed by atoms with Gasteiger partial charge in [-0.05, 0) is 42.5 Å². The van der Waals surface area contributed by atoms with Crippen LogP contribution < -0.4 is 5.32 Å². The Morgan fingerprint density at radius 2 is 1.65 bits per heavy atom. The summed E-state index contributed by atoms with van der Waals surface area (Å²) in [6.07, 6.45) is 0.546. The van der Waals surface area contributed by atoms with E-state index in [1.54, 1.807) is 17.0 Å². The van der Waals surface area contributed by atoms with Crippen LogP contribution in [0.15, 0.2) is 48.5 Å². The molecule has 2 aromatic carbocycles. The zero-order valence-corrected chi connectivity index (χ0v) is 19.7. The number of hydrogen-bond donors (Lipinski definition) is 1. The van der Waals surface area contributed by atoms with Crippen molar-refractivity contribution >= 4 is 23.6 Å². The molecule has 1 unspecified atom stereocenters. The normalized spacial score (nSPS) is 11.9. The predicted octanol–water partition coefficient (Wildman–Crippen LogP) is 4.95. The van der Waals surface area contributed by atoms with Gasteiger partial charge < -0.3 is 10.2 Å². The first-order valence-electron chi connectivity index (χ1n) is 10.7. The largest absolute Gasteiger partial charge is 0.354 e. The third-order valence-electron chi connectivity index (χ3n) is 4.95. The average molecular weight is 445 g/mol. The molecule has 0 spiro atoms. The number of carbonyl (C=O) groups is 2. The third kappa shape index (κ3) is 8.37. The predicted molar refractivity (Wildman–Crippen MR) is 126 cm³/mol. The maximum atomic E-state index is 13.2. The van der Waals surface area contributed by atoms with Gasteiger partial charge in [-0.1, -0.05) is 62.7 Å². The average Bonchev–Trinajstić information content (AvgIpc) is 2.74. The van der Waals surface area contributed by atoms with Crippen molar-refractivity contribution < 1.29 is 14.0 Å². The van der Waals surface area contributed by atoms with Crippen molar-refractivity contribution in [1.82, 2.24) is 10.2 Å². The summed E-state index contributed by atoms with van der Waals surface area (Å²) in [5.74, 6) is 0.762. The molecular weight excluding hydrogens is 411 g/mol. The smallest absolute Gasteiger partial charge is 0.242 e. The van der Waals surface area contributed by atoms with Crippen molar-refractivity contribution in [2.24, 2.45) is 5.92 Å². The molecule has 0 radical (unpaired) electrons. The fraction of sp³-hybridized carbons (Fsp3) is 0.440. The van der Waals surface area contributed by atoms with Gasteiger partial charge in [0.05, 0.1) is 5.75 Å². The quantitative estimate of drug-likeness (QED) is 0.534. The number of benzene rings is 2. The molecule has 0 heterocycles. The summed E-state index contributed by atoms with van der Waals surface area (Å²) >= 11 is 1.47. The van der Waals surface area contributed by atoms with Gasteiger partial charge in [0.2, 0.25) is 11.8 Å². The Morgan fingerprint density at radius 3 is 2.23 bits per heavy atom. The standard InChI is InChI=1S/C25H33FN2O2S/c1-5-23(25(30)27-14-18(2)3)28(15-20-8-6-19(4)7-9-20)24(29)17-31-16-21-10-12-22(26)13-11-21/h6-13,18,23H,5,14-17H2,1-4H3,(H,27,30). The van der Waals surface area contributed by atoms with Crippen molar-refractivity contribution in [3.05, 3.63) is 71.0 Å². The summed E-state index contributed by atoms with van der Waals surface area (Å²) < 4.78 is 13.1. The summed E-state index contributed by atoms with van der Waals surface area (Å²) in [7, 11) is 0. The van der Waals surface area contributed by atoms with E-state index >= 15 is 0 Å². The van der Waals surface area contributed by atoms with E-state index in [-0.39, 0.29) is 23.4 Å². The number of carbonyl (C=O) groups excluding carboxylic acids is 2. The number of halogens is 1. The lowest BCUT2D eigenvalue weighted by Crippen LogP contribution is -2.50. The fourth-order valence-electron chi connectivity index (χ4n) is 3.15. The van der Waals surface area contributed by atoms with Gasteiger partial charge in [-0.15, -0.1) is 11.8 Å². The molecule has 31 heavy (non-hydrogen) atoms. The zero-order valence-electron chi connectivity index (χ0n) is 18.9. The van der Waals surface area contributed by atoms with Gasteiger partial charge in [-0.3, -0.25) is 9.59 Å². The van der Waals surface area contributed by atoms with Crippen LogP contribution in [0.25, 0.3) is 0 Å². The van der Waals surface area contributed by atoms with Crippen LogP contribution in [0.3, 0.4) is 0 Å². The Balaban J connectivity index is 2.10. The van der Waals surface area contributed by atoms with Crippen LogP contribution in [0, 0.1) is 18.7 Å². The molecule has 0 saturated carbocycles. The molecule has 0 bridgehead atoms. The minimum absolute atomic E-state index is 0.0702. The van der Waals surface area contributed by atoms with Crippen LogP contribution in [-0.2, 0) is 21.9 Å². The van der Waals surface area contributed by atoms with Crippen LogP contribution in [0.4, 0.5) is 4.39 Å². The first-order valence-corrected chi connectivity index (χ1v) is 11.9. The van der Waals surface area contributed by atoms with E-state index in [1.807, 2.05) is 52.0 Å². The Morgan fingerprint density at radius 1 is 1.03 bits per heavy atom. The number of rotatable bonds is 11. The van der Waals surface area contributed by atoms with Gasteiger partial charge >= 0.3 is 0 Å². The van der Waals surface area contributed by atoms with E-state index in [1.165, 1.54) is 23.9 Å². The summed E-state index contributed by atoms with van der Waals surface area (Å²) in [5, 5.41) is 2.98. The molecule has 0 aromatic heterocycles. The number of nitrogens with one attached hydrogen (secondary N) is 1. The SMILES string of the molecule is CCC(C(=O)NCC(C)C)N(Cc1ccc(C)cc1)C(=O)CSCc1ccc(F)cc1. The van der Waals surface area contributed by atoms with Crippen LogP contribution >= 0.6 is 11.8 Å². The zero-order chi connectivity index (χ0) is 22.8. The lowest BCUT2D eigenvalue weighted by atomic mass is 10.1. The molecule has 1 atom stereocenters. The molecule has 168 valence electrons. The maximum absolute atomic E-state index is 13.2. The van der Waals surface area contributed by atoms with Crippen molar-refractivity contribution in [2.45, 2.75) is 52.5 Å². The van der Waals surface area contributed by atoms with Crippen molar-refractivity contribution in [3.63, 3.8) is 0 Å². The minimum Gasteiger partial charge on any atom is -0.354 e. The Bertz CT molecular complexity index is 838. The number of aryl methyl sites for hydroxylation is 1. The highest BCUT2D eigenvalue weighted by Crippen LogP contribution is 2.18. The molecule has 2 rings (SSSR count).